The van der Waals surface area contributed by atoms with Gasteiger partial charge in [0.25, 0.3) is 5.91 Å². The Bertz CT molecular complexity index is 1590. The van der Waals surface area contributed by atoms with Gasteiger partial charge in [0.2, 0.25) is 5.91 Å². The first kappa shape index (κ1) is 34.8. The standard InChI is InChI=1S/C38H44N4O5/c1-4-5-6-7-8-21-47-33-19-17-29(18-20-33)32-23-39-36(40-24-32)30-11-9-27(10-12-30)22-34(38(46)41-25-35(43)44)42-37(45)31-15-13-28(14-16-31)26(2)3/h9-20,23-24,26,34H,4-8,21-22,25H2,1-3H3,(H,41,46)(H,42,45)(H,43,44). The van der Waals surface area contributed by atoms with Gasteiger partial charge >= 0.3 is 5.97 Å². The second-order valence-corrected chi connectivity index (χ2v) is 11.9. The van der Waals surface area contributed by atoms with Gasteiger partial charge in [0.1, 0.15) is 18.3 Å². The molecule has 0 aliphatic heterocycles. The van der Waals surface area contributed by atoms with Crippen molar-refractivity contribution in [3.63, 3.8) is 0 Å². The van der Waals surface area contributed by atoms with Crippen molar-refractivity contribution in [2.75, 3.05) is 13.2 Å². The average molecular weight is 637 g/mol. The lowest BCUT2D eigenvalue weighted by atomic mass is 10.0. The molecule has 3 N–H and O–H groups in total. The zero-order chi connectivity index (χ0) is 33.6. The summed E-state index contributed by atoms with van der Waals surface area (Å²) in [7, 11) is 0. The molecule has 0 aliphatic carbocycles. The Hall–Kier alpha value is -5.05. The van der Waals surface area contributed by atoms with Crippen LogP contribution in [-0.2, 0) is 16.0 Å². The van der Waals surface area contributed by atoms with Crippen LogP contribution in [0.5, 0.6) is 5.75 Å². The molecule has 0 spiro atoms. The van der Waals surface area contributed by atoms with Gasteiger partial charge in [-0.05, 0) is 53.3 Å². The van der Waals surface area contributed by atoms with Gasteiger partial charge in [-0.1, -0.05) is 95.0 Å². The highest BCUT2D eigenvalue weighted by Crippen LogP contribution is 2.24. The third kappa shape index (κ3) is 10.8. The van der Waals surface area contributed by atoms with Gasteiger partial charge in [0.15, 0.2) is 5.82 Å². The number of nitrogens with one attached hydrogen (secondary N) is 2. The fourth-order valence-electron chi connectivity index (χ4n) is 5.05. The first-order valence-electron chi connectivity index (χ1n) is 16.3. The monoisotopic (exact) mass is 636 g/mol. The molecule has 2 amide bonds. The third-order valence-electron chi connectivity index (χ3n) is 7.88. The van der Waals surface area contributed by atoms with E-state index in [1.54, 1.807) is 24.5 Å². The van der Waals surface area contributed by atoms with E-state index in [1.807, 2.05) is 60.7 Å². The van der Waals surface area contributed by atoms with Crippen molar-refractivity contribution < 1.29 is 24.2 Å². The SMILES string of the molecule is CCCCCCCOc1ccc(-c2cnc(-c3ccc(CC(NC(=O)c4ccc(C(C)C)cc4)C(=O)NCC(=O)O)cc3)nc2)cc1. The lowest BCUT2D eigenvalue weighted by Crippen LogP contribution is -2.49. The van der Waals surface area contributed by atoms with Crippen molar-refractivity contribution in [3.8, 4) is 28.3 Å². The number of hydrogen-bond acceptors (Lipinski definition) is 6. The van der Waals surface area contributed by atoms with Crippen molar-refractivity contribution in [2.24, 2.45) is 0 Å². The highest BCUT2D eigenvalue weighted by atomic mass is 16.5. The van der Waals surface area contributed by atoms with Crippen LogP contribution in [0.1, 0.15) is 80.3 Å². The summed E-state index contributed by atoms with van der Waals surface area (Å²) in [6.45, 7) is 6.52. The second kappa shape index (κ2) is 17.6. The summed E-state index contributed by atoms with van der Waals surface area (Å²) < 4.78 is 5.87. The molecule has 4 aromatic rings. The highest BCUT2D eigenvalue weighted by Gasteiger charge is 2.23. The molecule has 47 heavy (non-hydrogen) atoms. The Kier molecular flexibility index (Phi) is 13.0. The summed E-state index contributed by atoms with van der Waals surface area (Å²) in [4.78, 5) is 46.1. The quantitative estimate of drug-likeness (QED) is 0.108. The van der Waals surface area contributed by atoms with Crippen LogP contribution in [0.4, 0.5) is 0 Å². The molecule has 0 bridgehead atoms. The number of ether oxygens (including phenoxy) is 1. The molecule has 4 rings (SSSR count). The average Bonchev–Trinajstić information content (AvgIpc) is 3.09. The first-order valence-corrected chi connectivity index (χ1v) is 16.3. The van der Waals surface area contributed by atoms with E-state index in [-0.39, 0.29) is 6.42 Å². The van der Waals surface area contributed by atoms with Crippen LogP contribution in [0, 0.1) is 0 Å². The Labute approximate surface area is 276 Å². The van der Waals surface area contributed by atoms with Crippen molar-refractivity contribution in [3.05, 3.63) is 102 Å². The van der Waals surface area contributed by atoms with Crippen LogP contribution >= 0.6 is 0 Å². The van der Waals surface area contributed by atoms with Gasteiger partial charge in [-0.2, -0.15) is 0 Å². The Morgan fingerprint density at radius 3 is 2.04 bits per heavy atom. The normalized spacial score (nSPS) is 11.6. The van der Waals surface area contributed by atoms with Gasteiger partial charge in [0.05, 0.1) is 6.61 Å². The minimum absolute atomic E-state index is 0.167. The number of hydrogen-bond donors (Lipinski definition) is 3. The maximum absolute atomic E-state index is 13.0. The molecule has 1 aromatic heterocycles. The smallest absolute Gasteiger partial charge is 0.322 e. The predicted octanol–water partition coefficient (Wildman–Crippen LogP) is 6.83. The number of rotatable bonds is 17. The van der Waals surface area contributed by atoms with E-state index in [1.165, 1.54) is 25.7 Å². The molecule has 0 aliphatic rings. The van der Waals surface area contributed by atoms with Crippen molar-refractivity contribution in [1.29, 1.82) is 0 Å². The summed E-state index contributed by atoms with van der Waals surface area (Å²) >= 11 is 0. The highest BCUT2D eigenvalue weighted by molar-refractivity contribution is 5.98. The minimum Gasteiger partial charge on any atom is -0.494 e. The van der Waals surface area contributed by atoms with Crippen LogP contribution in [-0.4, -0.2) is 52.1 Å². The number of carboxylic acids is 1. The van der Waals surface area contributed by atoms with E-state index in [0.29, 0.717) is 17.3 Å². The van der Waals surface area contributed by atoms with Crippen molar-refractivity contribution in [1.82, 2.24) is 20.6 Å². The van der Waals surface area contributed by atoms with Crippen molar-refractivity contribution in [2.45, 2.75) is 71.3 Å². The number of unbranched alkanes of at least 4 members (excludes halogenated alkanes) is 4. The fraction of sp³-hybridized carbons (Fsp3) is 0.342. The van der Waals surface area contributed by atoms with Crippen LogP contribution in [0.3, 0.4) is 0 Å². The molecule has 9 heteroatoms. The maximum Gasteiger partial charge on any atom is 0.322 e. The van der Waals surface area contributed by atoms with E-state index in [0.717, 1.165) is 46.6 Å². The van der Waals surface area contributed by atoms with E-state index in [4.69, 9.17) is 9.84 Å². The summed E-state index contributed by atoms with van der Waals surface area (Å²) in [6.07, 6.45) is 9.74. The summed E-state index contributed by atoms with van der Waals surface area (Å²) in [6, 6.07) is 21.6. The largest absolute Gasteiger partial charge is 0.494 e. The van der Waals surface area contributed by atoms with Gasteiger partial charge in [-0.3, -0.25) is 14.4 Å². The number of amides is 2. The van der Waals surface area contributed by atoms with E-state index in [2.05, 4.69) is 41.4 Å². The number of carboxylic acid groups (broad SMARTS) is 1. The molecular weight excluding hydrogens is 592 g/mol. The fourth-order valence-corrected chi connectivity index (χ4v) is 5.05. The molecule has 1 atom stereocenters. The summed E-state index contributed by atoms with van der Waals surface area (Å²) in [5.41, 5.74) is 4.97. The van der Waals surface area contributed by atoms with Gasteiger partial charge in [-0.15, -0.1) is 0 Å². The molecule has 0 radical (unpaired) electrons. The molecule has 0 fully saturated rings. The number of aromatic nitrogens is 2. The topological polar surface area (TPSA) is 131 Å². The van der Waals surface area contributed by atoms with E-state index in [9.17, 15) is 14.4 Å². The third-order valence-corrected chi connectivity index (χ3v) is 7.88. The molecule has 3 aromatic carbocycles. The van der Waals surface area contributed by atoms with Crippen LogP contribution in [0.2, 0.25) is 0 Å². The van der Waals surface area contributed by atoms with Gasteiger partial charge < -0.3 is 20.5 Å². The number of carbonyl (C=O) groups excluding carboxylic acids is 2. The Morgan fingerprint density at radius 2 is 1.43 bits per heavy atom. The molecule has 0 saturated carbocycles. The number of carbonyl (C=O) groups is 3. The lowest BCUT2D eigenvalue weighted by Gasteiger charge is -2.19. The number of nitrogens with zero attached hydrogens (tertiary/aromatic N) is 2. The maximum atomic E-state index is 13.0. The van der Waals surface area contributed by atoms with E-state index < -0.39 is 30.4 Å². The van der Waals surface area contributed by atoms with Gasteiger partial charge in [0, 0.05) is 35.5 Å². The zero-order valence-electron chi connectivity index (χ0n) is 27.4. The van der Waals surface area contributed by atoms with Crippen LogP contribution in [0.15, 0.2) is 85.2 Å². The molecule has 9 nitrogen and oxygen atoms in total. The molecule has 0 saturated heterocycles. The minimum atomic E-state index is -1.17. The number of benzene rings is 3. The zero-order valence-corrected chi connectivity index (χ0v) is 27.4. The van der Waals surface area contributed by atoms with E-state index >= 15 is 0 Å². The summed E-state index contributed by atoms with van der Waals surface area (Å²) in [5, 5.41) is 14.2. The molecule has 1 heterocycles. The Balaban J connectivity index is 1.37. The van der Waals surface area contributed by atoms with Crippen LogP contribution in [0.25, 0.3) is 22.5 Å². The molecular formula is C38H44N4O5. The Morgan fingerprint density at radius 1 is 0.787 bits per heavy atom. The predicted molar refractivity (Wildman–Crippen MR) is 183 cm³/mol. The van der Waals surface area contributed by atoms with Crippen molar-refractivity contribution >= 4 is 17.8 Å². The number of aliphatic carboxylic acids is 1. The molecule has 1 unspecified atom stereocenters. The molecule has 246 valence electrons. The summed E-state index contributed by atoms with van der Waals surface area (Å²) in [5.74, 6) is -0.441. The lowest BCUT2D eigenvalue weighted by molar-refractivity contribution is -0.138. The second-order valence-electron chi connectivity index (χ2n) is 11.9. The van der Waals surface area contributed by atoms with Gasteiger partial charge in [-0.25, -0.2) is 9.97 Å². The first-order chi connectivity index (χ1) is 22.7. The van der Waals surface area contributed by atoms with Crippen LogP contribution < -0.4 is 15.4 Å².